The predicted octanol–water partition coefficient (Wildman–Crippen LogP) is 0.135. The van der Waals surface area contributed by atoms with Gasteiger partial charge >= 0.3 is 0 Å². The summed E-state index contributed by atoms with van der Waals surface area (Å²) in [6.45, 7) is 2.72. The minimum atomic E-state index is -3.34. The lowest BCUT2D eigenvalue weighted by molar-refractivity contribution is 0.0531. The molecule has 0 aliphatic carbocycles. The highest BCUT2D eigenvalue weighted by Crippen LogP contribution is 2.41. The zero-order valence-corrected chi connectivity index (χ0v) is 15.5. The van der Waals surface area contributed by atoms with Gasteiger partial charge in [0.15, 0.2) is 0 Å². The summed E-state index contributed by atoms with van der Waals surface area (Å²) in [4.78, 5) is 11.0. The van der Waals surface area contributed by atoms with Crippen LogP contribution in [0.25, 0.3) is 0 Å². The number of hydrogen-bond donors (Lipinski definition) is 0. The summed E-state index contributed by atoms with van der Waals surface area (Å²) in [6.07, 6.45) is 3.10. The lowest BCUT2D eigenvalue weighted by Gasteiger charge is -2.34. The van der Waals surface area contributed by atoms with Crippen LogP contribution in [0.1, 0.15) is 24.1 Å². The second-order valence-corrected chi connectivity index (χ2v) is 9.54. The van der Waals surface area contributed by atoms with Crippen molar-refractivity contribution in [3.05, 3.63) is 17.5 Å². The molecule has 138 valence electrons. The Morgan fingerprint density at radius 3 is 2.92 bits per heavy atom. The van der Waals surface area contributed by atoms with Crippen molar-refractivity contribution in [1.82, 2.24) is 14.3 Å². The lowest BCUT2D eigenvalue weighted by atomic mass is 9.81. The lowest BCUT2D eigenvalue weighted by Crippen LogP contribution is -2.44. The molecule has 1 spiro atoms. The number of fused-ring (bicyclic) bond motifs is 2. The molecule has 0 N–H and O–H groups in total. The highest BCUT2D eigenvalue weighted by molar-refractivity contribution is 7.89. The van der Waals surface area contributed by atoms with Gasteiger partial charge in [-0.1, -0.05) is 0 Å². The van der Waals surface area contributed by atoms with Crippen LogP contribution in [0.2, 0.25) is 0 Å². The summed E-state index contributed by atoms with van der Waals surface area (Å²) >= 11 is 0. The van der Waals surface area contributed by atoms with E-state index in [-0.39, 0.29) is 5.41 Å². The monoisotopic (exact) mass is 368 g/mol. The van der Waals surface area contributed by atoms with E-state index in [0.29, 0.717) is 51.9 Å². The van der Waals surface area contributed by atoms with Crippen molar-refractivity contribution in [3.8, 4) is 0 Å². The SMILES string of the molecule is CN(C)c1ncc2c(n1)C1(CCN(S(=O)(=O)[C@H]3CCOC3)C1)COC2. The molecule has 2 fully saturated rings. The van der Waals surface area contributed by atoms with E-state index in [1.54, 1.807) is 10.5 Å². The fraction of sp³-hybridized carbons (Fsp3) is 0.750. The van der Waals surface area contributed by atoms with Gasteiger partial charge in [0.05, 0.1) is 30.9 Å². The van der Waals surface area contributed by atoms with E-state index in [9.17, 15) is 8.42 Å². The van der Waals surface area contributed by atoms with Gasteiger partial charge in [-0.3, -0.25) is 0 Å². The highest BCUT2D eigenvalue weighted by Gasteiger charge is 2.49. The van der Waals surface area contributed by atoms with Gasteiger partial charge < -0.3 is 14.4 Å². The van der Waals surface area contributed by atoms with Gasteiger partial charge in [0.25, 0.3) is 0 Å². The Balaban J connectivity index is 1.65. The normalized spacial score (nSPS) is 29.9. The molecule has 9 heteroatoms. The van der Waals surface area contributed by atoms with Gasteiger partial charge in [-0.05, 0) is 12.8 Å². The minimum Gasteiger partial charge on any atom is -0.380 e. The Morgan fingerprint density at radius 2 is 2.20 bits per heavy atom. The first-order valence-corrected chi connectivity index (χ1v) is 10.1. The molecular weight excluding hydrogens is 344 g/mol. The molecule has 3 aliphatic rings. The van der Waals surface area contributed by atoms with E-state index in [1.807, 2.05) is 19.0 Å². The third kappa shape index (κ3) is 2.83. The van der Waals surface area contributed by atoms with Gasteiger partial charge in [-0.15, -0.1) is 0 Å². The van der Waals surface area contributed by atoms with Crippen LogP contribution in [0.3, 0.4) is 0 Å². The van der Waals surface area contributed by atoms with E-state index in [1.165, 1.54) is 0 Å². The van der Waals surface area contributed by atoms with Crippen LogP contribution in [0.5, 0.6) is 0 Å². The van der Waals surface area contributed by atoms with Crippen molar-refractivity contribution in [1.29, 1.82) is 0 Å². The fourth-order valence-corrected chi connectivity index (χ4v) is 5.78. The summed E-state index contributed by atoms with van der Waals surface area (Å²) < 4.78 is 38.5. The second-order valence-electron chi connectivity index (χ2n) is 7.33. The van der Waals surface area contributed by atoms with Crippen molar-refractivity contribution < 1.29 is 17.9 Å². The number of ether oxygens (including phenoxy) is 2. The molecule has 8 nitrogen and oxygen atoms in total. The fourth-order valence-electron chi connectivity index (χ4n) is 3.92. The summed E-state index contributed by atoms with van der Waals surface area (Å²) in [5, 5.41) is -0.422. The van der Waals surface area contributed by atoms with Gasteiger partial charge in [0.1, 0.15) is 5.25 Å². The molecule has 25 heavy (non-hydrogen) atoms. The van der Waals surface area contributed by atoms with E-state index in [2.05, 4.69) is 4.98 Å². The van der Waals surface area contributed by atoms with Crippen LogP contribution in [-0.4, -0.2) is 74.9 Å². The van der Waals surface area contributed by atoms with Crippen LogP contribution < -0.4 is 4.90 Å². The Hall–Kier alpha value is -1.29. The molecule has 3 aliphatic heterocycles. The van der Waals surface area contributed by atoms with Gasteiger partial charge in [0, 0.05) is 45.6 Å². The first-order valence-electron chi connectivity index (χ1n) is 8.61. The molecule has 0 saturated carbocycles. The molecular formula is C16H24N4O4S. The average molecular weight is 368 g/mol. The highest BCUT2D eigenvalue weighted by atomic mass is 32.2. The predicted molar refractivity (Wildman–Crippen MR) is 92.0 cm³/mol. The van der Waals surface area contributed by atoms with E-state index >= 15 is 0 Å². The van der Waals surface area contributed by atoms with Crippen LogP contribution in [0.4, 0.5) is 5.95 Å². The Morgan fingerprint density at radius 1 is 1.36 bits per heavy atom. The molecule has 0 aromatic carbocycles. The maximum atomic E-state index is 12.9. The van der Waals surface area contributed by atoms with Crippen LogP contribution in [-0.2, 0) is 31.5 Å². The standard InChI is InChI=1S/C16H24N4O4S/c1-19(2)15-17-7-12-8-24-11-16(14(12)18-15)4-5-20(10-16)25(21,22)13-3-6-23-9-13/h7,13H,3-6,8-11H2,1-2H3/t13-,16?/m0/s1. The molecule has 1 aromatic rings. The third-order valence-corrected chi connectivity index (χ3v) is 7.62. The van der Waals surface area contributed by atoms with Gasteiger partial charge in [0.2, 0.25) is 16.0 Å². The molecule has 0 bridgehead atoms. The zero-order valence-electron chi connectivity index (χ0n) is 14.6. The van der Waals surface area contributed by atoms with E-state index in [4.69, 9.17) is 14.5 Å². The maximum Gasteiger partial charge on any atom is 0.225 e. The molecule has 1 unspecified atom stereocenters. The average Bonchev–Trinajstić information content (AvgIpc) is 3.26. The van der Waals surface area contributed by atoms with Crippen LogP contribution in [0.15, 0.2) is 6.20 Å². The number of hydrogen-bond acceptors (Lipinski definition) is 7. The number of sulfonamides is 1. The number of nitrogens with zero attached hydrogens (tertiary/aromatic N) is 4. The molecule has 2 atom stereocenters. The van der Waals surface area contributed by atoms with Crippen molar-refractivity contribution in [2.45, 2.75) is 30.1 Å². The molecule has 0 amide bonds. The summed E-state index contributed by atoms with van der Waals surface area (Å²) in [7, 11) is 0.460. The molecule has 1 aromatic heterocycles. The largest absolute Gasteiger partial charge is 0.380 e. The summed E-state index contributed by atoms with van der Waals surface area (Å²) in [6, 6.07) is 0. The minimum absolute atomic E-state index is 0.297. The molecule has 0 radical (unpaired) electrons. The van der Waals surface area contributed by atoms with Crippen LogP contribution in [0, 0.1) is 0 Å². The van der Waals surface area contributed by atoms with Gasteiger partial charge in [-0.25, -0.2) is 22.7 Å². The first-order chi connectivity index (χ1) is 11.9. The van der Waals surface area contributed by atoms with Gasteiger partial charge in [-0.2, -0.15) is 0 Å². The van der Waals surface area contributed by atoms with Crippen molar-refractivity contribution >= 4 is 16.0 Å². The molecule has 2 saturated heterocycles. The second kappa shape index (κ2) is 6.15. The smallest absolute Gasteiger partial charge is 0.225 e. The van der Waals surface area contributed by atoms with E-state index in [0.717, 1.165) is 17.7 Å². The molecule has 4 rings (SSSR count). The van der Waals surface area contributed by atoms with Crippen molar-refractivity contribution in [2.75, 3.05) is 51.9 Å². The Kier molecular flexibility index (Phi) is 4.22. The summed E-state index contributed by atoms with van der Waals surface area (Å²) in [5.41, 5.74) is 1.52. The van der Waals surface area contributed by atoms with E-state index < -0.39 is 15.3 Å². The first kappa shape index (κ1) is 17.1. The number of rotatable bonds is 3. The summed E-state index contributed by atoms with van der Waals surface area (Å²) in [5.74, 6) is 0.644. The third-order valence-electron chi connectivity index (χ3n) is 5.38. The zero-order chi connectivity index (χ0) is 17.7. The number of anilines is 1. The Labute approximate surface area is 148 Å². The number of aromatic nitrogens is 2. The maximum absolute atomic E-state index is 12.9. The quantitative estimate of drug-likeness (QED) is 0.750. The van der Waals surface area contributed by atoms with Crippen molar-refractivity contribution in [3.63, 3.8) is 0 Å². The van der Waals surface area contributed by atoms with Crippen molar-refractivity contribution in [2.24, 2.45) is 0 Å². The molecule has 4 heterocycles. The van der Waals surface area contributed by atoms with Crippen LogP contribution >= 0.6 is 0 Å². The topological polar surface area (TPSA) is 84.9 Å². The Bertz CT molecular complexity index is 763.